The van der Waals surface area contributed by atoms with Crippen LogP contribution >= 0.6 is 24.0 Å². The topological polar surface area (TPSA) is 80.5 Å². The number of halogens is 1. The molecular weight excluding hydrogens is 511 g/mol. The molecule has 31 heavy (non-hydrogen) atoms. The van der Waals surface area contributed by atoms with Crippen molar-refractivity contribution in [1.82, 2.24) is 15.5 Å². The lowest BCUT2D eigenvalue weighted by Crippen LogP contribution is -2.46. The number of furan rings is 1. The Labute approximate surface area is 201 Å². The van der Waals surface area contributed by atoms with E-state index in [1.807, 2.05) is 31.2 Å². The monoisotopic (exact) mass is 544 g/mol. The van der Waals surface area contributed by atoms with E-state index in [1.54, 1.807) is 21.3 Å². The Morgan fingerprint density at radius 1 is 1.10 bits per heavy atom. The van der Waals surface area contributed by atoms with E-state index in [9.17, 15) is 0 Å². The van der Waals surface area contributed by atoms with Gasteiger partial charge in [0.15, 0.2) is 17.5 Å². The minimum absolute atomic E-state index is 0. The van der Waals surface area contributed by atoms with Gasteiger partial charge in [-0.2, -0.15) is 0 Å². The van der Waals surface area contributed by atoms with Crippen molar-refractivity contribution >= 4 is 29.9 Å². The number of ether oxygens (including phenoxy) is 3. The number of morpholine rings is 1. The first-order valence-electron chi connectivity index (χ1n) is 10.2. The molecule has 3 rings (SSSR count). The molecule has 1 atom stereocenters. The fraction of sp³-hybridized carbons (Fsp3) is 0.500. The zero-order valence-electron chi connectivity index (χ0n) is 18.6. The summed E-state index contributed by atoms with van der Waals surface area (Å²) in [4.78, 5) is 6.75. The Hall–Kier alpha value is -1.98. The molecule has 0 aliphatic carbocycles. The summed E-state index contributed by atoms with van der Waals surface area (Å²) in [6.07, 6.45) is 0. The van der Waals surface area contributed by atoms with E-state index in [0.29, 0.717) is 24.6 Å². The second kappa shape index (κ2) is 12.8. The first-order valence-corrected chi connectivity index (χ1v) is 10.2. The normalized spacial score (nSPS) is 15.7. The van der Waals surface area contributed by atoms with E-state index >= 15 is 0 Å². The van der Waals surface area contributed by atoms with Gasteiger partial charge in [-0.3, -0.25) is 9.89 Å². The maximum atomic E-state index is 5.93. The lowest BCUT2D eigenvalue weighted by Gasteiger charge is -2.33. The van der Waals surface area contributed by atoms with Gasteiger partial charge in [-0.1, -0.05) is 6.07 Å². The summed E-state index contributed by atoms with van der Waals surface area (Å²) in [6, 6.07) is 10.0. The van der Waals surface area contributed by atoms with Gasteiger partial charge in [0.05, 0.1) is 33.5 Å². The molecule has 1 unspecified atom stereocenters. The number of hydrogen-bond donors (Lipinski definition) is 2. The van der Waals surface area contributed by atoms with Crippen molar-refractivity contribution in [2.75, 3.05) is 54.1 Å². The van der Waals surface area contributed by atoms with Crippen LogP contribution in [0.1, 0.15) is 23.1 Å². The van der Waals surface area contributed by atoms with Crippen LogP contribution in [-0.2, 0) is 11.3 Å². The highest BCUT2D eigenvalue weighted by Crippen LogP contribution is 2.27. The van der Waals surface area contributed by atoms with Crippen LogP contribution in [0.2, 0.25) is 0 Å². The molecule has 2 heterocycles. The Morgan fingerprint density at radius 3 is 2.45 bits per heavy atom. The minimum atomic E-state index is 0. The summed E-state index contributed by atoms with van der Waals surface area (Å²) in [5.41, 5.74) is 1.07. The Bertz CT molecular complexity index is 837. The van der Waals surface area contributed by atoms with Crippen LogP contribution in [-0.4, -0.2) is 65.0 Å². The number of rotatable bonds is 8. The van der Waals surface area contributed by atoms with E-state index in [0.717, 1.165) is 49.3 Å². The number of methoxy groups -OCH3 is 2. The highest BCUT2D eigenvalue weighted by atomic mass is 127. The standard InChI is InChI=1S/C22H32N4O4.HI/c1-16-5-7-19(30-16)18(26-9-11-29-12-10-26)15-25-22(23-2)24-14-17-6-8-20(27-3)21(13-17)28-4;/h5-8,13,18H,9-12,14-15H2,1-4H3,(H2,23,24,25);1H. The number of nitrogens with zero attached hydrogens (tertiary/aromatic N) is 2. The molecule has 1 aliphatic heterocycles. The largest absolute Gasteiger partial charge is 0.493 e. The van der Waals surface area contributed by atoms with Gasteiger partial charge < -0.3 is 29.3 Å². The summed E-state index contributed by atoms with van der Waals surface area (Å²) in [7, 11) is 5.04. The van der Waals surface area contributed by atoms with Crippen LogP contribution in [0.5, 0.6) is 11.5 Å². The zero-order valence-corrected chi connectivity index (χ0v) is 21.0. The van der Waals surface area contributed by atoms with Gasteiger partial charge in [-0.05, 0) is 36.8 Å². The van der Waals surface area contributed by atoms with Crippen molar-refractivity contribution in [3.05, 3.63) is 47.4 Å². The quantitative estimate of drug-likeness (QED) is 0.301. The van der Waals surface area contributed by atoms with Gasteiger partial charge in [0, 0.05) is 33.2 Å². The molecule has 0 bridgehead atoms. The fourth-order valence-electron chi connectivity index (χ4n) is 3.52. The van der Waals surface area contributed by atoms with Crippen LogP contribution < -0.4 is 20.1 Å². The Morgan fingerprint density at radius 2 is 1.84 bits per heavy atom. The summed E-state index contributed by atoms with van der Waals surface area (Å²) < 4.78 is 22.1. The van der Waals surface area contributed by atoms with Gasteiger partial charge in [0.2, 0.25) is 0 Å². The second-order valence-electron chi connectivity index (χ2n) is 7.11. The van der Waals surface area contributed by atoms with Crippen molar-refractivity contribution in [2.24, 2.45) is 4.99 Å². The third-order valence-corrected chi connectivity index (χ3v) is 5.17. The lowest BCUT2D eigenvalue weighted by molar-refractivity contribution is 0.0124. The van der Waals surface area contributed by atoms with Crippen LogP contribution in [0, 0.1) is 6.92 Å². The van der Waals surface area contributed by atoms with Crippen LogP contribution in [0.4, 0.5) is 0 Å². The minimum Gasteiger partial charge on any atom is -0.493 e. The molecule has 1 fully saturated rings. The first-order chi connectivity index (χ1) is 14.6. The van der Waals surface area contributed by atoms with Crippen LogP contribution in [0.15, 0.2) is 39.7 Å². The van der Waals surface area contributed by atoms with Gasteiger partial charge in [-0.15, -0.1) is 24.0 Å². The van der Waals surface area contributed by atoms with E-state index in [1.165, 1.54) is 0 Å². The maximum Gasteiger partial charge on any atom is 0.191 e. The first kappa shape index (κ1) is 25.3. The molecule has 0 spiro atoms. The summed E-state index contributed by atoms with van der Waals surface area (Å²) in [5.74, 6) is 4.02. The average molecular weight is 544 g/mol. The fourth-order valence-corrected chi connectivity index (χ4v) is 3.52. The molecule has 0 radical (unpaired) electrons. The van der Waals surface area contributed by atoms with Gasteiger partial charge in [-0.25, -0.2) is 0 Å². The van der Waals surface area contributed by atoms with E-state index in [-0.39, 0.29) is 30.0 Å². The third-order valence-electron chi connectivity index (χ3n) is 5.17. The summed E-state index contributed by atoms with van der Waals surface area (Å²) in [6.45, 7) is 6.50. The van der Waals surface area contributed by atoms with E-state index in [2.05, 4.69) is 26.6 Å². The van der Waals surface area contributed by atoms with Crippen LogP contribution in [0.3, 0.4) is 0 Å². The Balaban J connectivity index is 0.00000341. The highest BCUT2D eigenvalue weighted by Gasteiger charge is 2.25. The molecule has 1 aromatic heterocycles. The average Bonchev–Trinajstić information content (AvgIpc) is 3.22. The number of nitrogens with one attached hydrogen (secondary N) is 2. The highest BCUT2D eigenvalue weighted by molar-refractivity contribution is 14.0. The number of benzene rings is 1. The number of guanidine groups is 1. The molecule has 0 amide bonds. The number of aliphatic imine (C=N–C) groups is 1. The smallest absolute Gasteiger partial charge is 0.191 e. The number of hydrogen-bond acceptors (Lipinski definition) is 6. The summed E-state index contributed by atoms with van der Waals surface area (Å²) >= 11 is 0. The predicted octanol–water partition coefficient (Wildman–Crippen LogP) is 2.96. The van der Waals surface area contributed by atoms with Crippen molar-refractivity contribution in [3.63, 3.8) is 0 Å². The maximum absolute atomic E-state index is 5.93. The summed E-state index contributed by atoms with van der Waals surface area (Å²) in [5, 5.41) is 6.79. The van der Waals surface area contributed by atoms with Gasteiger partial charge in [0.25, 0.3) is 0 Å². The van der Waals surface area contributed by atoms with Crippen molar-refractivity contribution in [1.29, 1.82) is 0 Å². The molecule has 8 nitrogen and oxygen atoms in total. The molecule has 1 aliphatic rings. The van der Waals surface area contributed by atoms with Crippen LogP contribution in [0.25, 0.3) is 0 Å². The van der Waals surface area contributed by atoms with E-state index in [4.69, 9.17) is 18.6 Å². The Kier molecular flexibility index (Phi) is 10.4. The predicted molar refractivity (Wildman–Crippen MR) is 132 cm³/mol. The zero-order chi connectivity index (χ0) is 21.3. The number of aryl methyl sites for hydroxylation is 1. The second-order valence-corrected chi connectivity index (χ2v) is 7.11. The van der Waals surface area contributed by atoms with Crippen molar-refractivity contribution in [3.8, 4) is 11.5 Å². The molecule has 0 saturated carbocycles. The third kappa shape index (κ3) is 7.01. The molecule has 1 aromatic carbocycles. The van der Waals surface area contributed by atoms with Gasteiger partial charge >= 0.3 is 0 Å². The SMILES string of the molecule is CN=C(NCc1ccc(OC)c(OC)c1)NCC(c1ccc(C)o1)N1CCOCC1.I. The lowest BCUT2D eigenvalue weighted by atomic mass is 10.1. The molecule has 2 N–H and O–H groups in total. The van der Waals surface area contributed by atoms with Crippen molar-refractivity contribution in [2.45, 2.75) is 19.5 Å². The molecule has 2 aromatic rings. The van der Waals surface area contributed by atoms with Gasteiger partial charge in [0.1, 0.15) is 11.5 Å². The molecule has 172 valence electrons. The molecule has 1 saturated heterocycles. The van der Waals surface area contributed by atoms with E-state index < -0.39 is 0 Å². The van der Waals surface area contributed by atoms with Crippen molar-refractivity contribution < 1.29 is 18.6 Å². The molecule has 9 heteroatoms. The molecular formula is C22H33IN4O4.